The van der Waals surface area contributed by atoms with Crippen molar-refractivity contribution in [1.29, 1.82) is 0 Å². The zero-order valence-corrected chi connectivity index (χ0v) is 25.8. The molecule has 2 N–H and O–H groups in total. The van der Waals surface area contributed by atoms with Crippen LogP contribution in [0.3, 0.4) is 0 Å². The minimum Gasteiger partial charge on any atom is -0.390 e. The summed E-state index contributed by atoms with van der Waals surface area (Å²) in [6, 6.07) is 12.5. The number of hydrogen-bond acceptors (Lipinski definition) is 3. The first kappa shape index (κ1) is 31.2. The number of carbonyl (C=O) groups excluding carboxylic acids is 2. The number of nitrogens with one attached hydrogen (secondary N) is 1. The van der Waals surface area contributed by atoms with Crippen LogP contribution in [0.1, 0.15) is 107 Å². The topological polar surface area (TPSA) is 69.6 Å². The van der Waals surface area contributed by atoms with Crippen molar-refractivity contribution in [2.45, 2.75) is 110 Å². The number of carbonyl (C=O) groups is 2. The molecule has 41 heavy (non-hydrogen) atoms. The summed E-state index contributed by atoms with van der Waals surface area (Å²) >= 11 is 0. The number of benzene rings is 2. The number of amides is 2. The Morgan fingerprint density at radius 1 is 1.00 bits per heavy atom. The van der Waals surface area contributed by atoms with E-state index in [4.69, 9.17) is 0 Å². The monoisotopic (exact) mass is 564 g/mol. The molecular weight excluding hydrogens is 515 g/mol. The fraction of sp³-hybridized carbons (Fsp3) is 0.600. The fourth-order valence-electron chi connectivity index (χ4n) is 6.85. The van der Waals surface area contributed by atoms with E-state index in [2.05, 4.69) is 32.2 Å². The molecule has 0 radical (unpaired) electrons. The van der Waals surface area contributed by atoms with Crippen molar-refractivity contribution >= 4 is 17.5 Å². The van der Waals surface area contributed by atoms with Gasteiger partial charge in [0.1, 0.15) is 5.82 Å². The lowest BCUT2D eigenvalue weighted by molar-refractivity contribution is -0.124. The molecule has 0 spiro atoms. The molecule has 1 aliphatic heterocycles. The van der Waals surface area contributed by atoms with Crippen LogP contribution in [-0.4, -0.2) is 40.0 Å². The van der Waals surface area contributed by atoms with Crippen molar-refractivity contribution in [2.75, 3.05) is 11.9 Å². The molecule has 224 valence electrons. The summed E-state index contributed by atoms with van der Waals surface area (Å²) in [5, 5.41) is 13.4. The van der Waals surface area contributed by atoms with Gasteiger partial charge in [0.2, 0.25) is 5.91 Å². The number of aryl methyl sites for hydroxylation is 1. The molecule has 2 aliphatic rings. The Bertz CT molecular complexity index is 1200. The van der Waals surface area contributed by atoms with E-state index in [1.807, 2.05) is 36.9 Å². The Morgan fingerprint density at radius 3 is 2.32 bits per heavy atom. The van der Waals surface area contributed by atoms with E-state index in [0.717, 1.165) is 49.8 Å². The molecule has 1 saturated heterocycles. The lowest BCUT2D eigenvalue weighted by Crippen LogP contribution is -2.55. The number of rotatable bonds is 7. The van der Waals surface area contributed by atoms with Crippen molar-refractivity contribution in [3.05, 3.63) is 65.0 Å². The molecule has 0 bridgehead atoms. The van der Waals surface area contributed by atoms with Gasteiger partial charge in [0.05, 0.1) is 17.1 Å². The number of nitrogens with zero attached hydrogens (tertiary/aromatic N) is 1. The Labute approximate surface area is 245 Å². The minimum absolute atomic E-state index is 0.0428. The van der Waals surface area contributed by atoms with Crippen molar-refractivity contribution in [3.63, 3.8) is 0 Å². The molecule has 2 fully saturated rings. The van der Waals surface area contributed by atoms with Gasteiger partial charge in [-0.2, -0.15) is 0 Å². The predicted molar refractivity (Wildman–Crippen MR) is 163 cm³/mol. The fourth-order valence-corrected chi connectivity index (χ4v) is 6.85. The van der Waals surface area contributed by atoms with Gasteiger partial charge in [0.25, 0.3) is 5.91 Å². The number of likely N-dealkylation sites (tertiary alicyclic amines) is 1. The van der Waals surface area contributed by atoms with Crippen LogP contribution in [0.25, 0.3) is 0 Å². The molecule has 2 atom stereocenters. The number of piperidine rings is 1. The predicted octanol–water partition coefficient (Wildman–Crippen LogP) is 7.65. The largest absolute Gasteiger partial charge is 0.390 e. The number of aliphatic hydroxyl groups is 1. The summed E-state index contributed by atoms with van der Waals surface area (Å²) < 4.78 is 15.0. The number of hydrogen-bond donors (Lipinski definition) is 2. The summed E-state index contributed by atoms with van der Waals surface area (Å²) in [4.78, 5) is 29.8. The first-order valence-electron chi connectivity index (χ1n) is 15.4. The Morgan fingerprint density at radius 2 is 1.68 bits per heavy atom. The van der Waals surface area contributed by atoms with Gasteiger partial charge in [-0.05, 0) is 106 Å². The van der Waals surface area contributed by atoms with Gasteiger partial charge in [0.15, 0.2) is 0 Å². The van der Waals surface area contributed by atoms with E-state index in [0.29, 0.717) is 30.9 Å². The lowest BCUT2D eigenvalue weighted by Gasteiger charge is -2.47. The summed E-state index contributed by atoms with van der Waals surface area (Å²) in [5.74, 6) is -0.534. The van der Waals surface area contributed by atoms with E-state index >= 15 is 0 Å². The minimum atomic E-state index is -0.672. The van der Waals surface area contributed by atoms with Crippen molar-refractivity contribution < 1.29 is 19.1 Å². The maximum absolute atomic E-state index is 15.0. The molecular formula is C35H49FN2O3. The van der Waals surface area contributed by atoms with E-state index in [1.54, 1.807) is 19.1 Å². The molecule has 6 heteroatoms. The van der Waals surface area contributed by atoms with Gasteiger partial charge >= 0.3 is 0 Å². The summed E-state index contributed by atoms with van der Waals surface area (Å²) in [7, 11) is 0. The SMILES string of the molecule is Cc1cccc(F)c1C(=O)N1CCC[C@H](C(=O)Nc2cccc(C(C)(C)C)c2)[C@@H]1C1CCC(CCC(C)(C)O)CC1. The molecule has 1 saturated carbocycles. The second kappa shape index (κ2) is 12.6. The van der Waals surface area contributed by atoms with Crippen LogP contribution in [0.2, 0.25) is 0 Å². The normalized spacial score (nSPS) is 23.8. The van der Waals surface area contributed by atoms with E-state index in [1.165, 1.54) is 6.07 Å². The zero-order valence-electron chi connectivity index (χ0n) is 25.8. The van der Waals surface area contributed by atoms with Gasteiger partial charge in [-0.15, -0.1) is 0 Å². The summed E-state index contributed by atoms with van der Waals surface area (Å²) in [5.41, 5.74) is 1.94. The molecule has 5 nitrogen and oxygen atoms in total. The van der Waals surface area contributed by atoms with Crippen LogP contribution in [0.4, 0.5) is 10.1 Å². The van der Waals surface area contributed by atoms with Crippen LogP contribution in [-0.2, 0) is 10.2 Å². The summed E-state index contributed by atoms with van der Waals surface area (Å²) in [6.07, 6.45) is 7.02. The molecule has 1 aliphatic carbocycles. The van der Waals surface area contributed by atoms with Crippen LogP contribution in [0.5, 0.6) is 0 Å². The van der Waals surface area contributed by atoms with Crippen LogP contribution in [0.15, 0.2) is 42.5 Å². The molecule has 2 aromatic carbocycles. The number of halogens is 1. The van der Waals surface area contributed by atoms with Gasteiger partial charge in [-0.3, -0.25) is 9.59 Å². The Kier molecular flexibility index (Phi) is 9.63. The van der Waals surface area contributed by atoms with Gasteiger partial charge in [-0.1, -0.05) is 57.9 Å². The highest BCUT2D eigenvalue weighted by atomic mass is 19.1. The van der Waals surface area contributed by atoms with Crippen molar-refractivity contribution in [2.24, 2.45) is 17.8 Å². The average molecular weight is 565 g/mol. The van der Waals surface area contributed by atoms with Gasteiger partial charge in [0, 0.05) is 18.3 Å². The standard InChI is InChI=1S/C35H49FN2O3/c1-23-10-7-14-29(36)30(23)33(40)38-21-9-13-28(32(39)37-27-12-8-11-26(22-27)34(2,3)4)31(38)25-17-15-24(16-18-25)19-20-35(5,6)41/h7-8,10-12,14,22,24-25,28,31,41H,9,13,15-21H2,1-6H3,(H,37,39)/t24?,25?,28-,31-/m0/s1. The van der Waals surface area contributed by atoms with Crippen LogP contribution < -0.4 is 5.32 Å². The molecule has 4 rings (SSSR count). The third-order valence-electron chi connectivity index (χ3n) is 9.25. The Hall–Kier alpha value is -2.73. The van der Waals surface area contributed by atoms with Crippen LogP contribution >= 0.6 is 0 Å². The molecule has 0 aromatic heterocycles. The highest BCUT2D eigenvalue weighted by Crippen LogP contribution is 2.41. The van der Waals surface area contributed by atoms with E-state index in [-0.39, 0.29) is 40.7 Å². The molecule has 2 amide bonds. The highest BCUT2D eigenvalue weighted by Gasteiger charge is 2.44. The maximum Gasteiger partial charge on any atom is 0.257 e. The van der Waals surface area contributed by atoms with Gasteiger partial charge < -0.3 is 15.3 Å². The third-order valence-corrected chi connectivity index (χ3v) is 9.25. The quantitative estimate of drug-likeness (QED) is 0.363. The maximum atomic E-state index is 15.0. The lowest BCUT2D eigenvalue weighted by atomic mass is 9.70. The third kappa shape index (κ3) is 7.77. The van der Waals surface area contributed by atoms with Crippen molar-refractivity contribution in [3.8, 4) is 0 Å². The second-order valence-electron chi connectivity index (χ2n) is 14.1. The van der Waals surface area contributed by atoms with Gasteiger partial charge in [-0.25, -0.2) is 4.39 Å². The zero-order chi connectivity index (χ0) is 29.9. The summed E-state index contributed by atoms with van der Waals surface area (Å²) in [6.45, 7) is 12.5. The van der Waals surface area contributed by atoms with E-state index in [9.17, 15) is 19.1 Å². The Balaban J connectivity index is 1.60. The van der Waals surface area contributed by atoms with Crippen LogP contribution in [0, 0.1) is 30.5 Å². The van der Waals surface area contributed by atoms with E-state index < -0.39 is 11.4 Å². The first-order valence-corrected chi connectivity index (χ1v) is 15.4. The highest BCUT2D eigenvalue weighted by molar-refractivity contribution is 5.98. The van der Waals surface area contributed by atoms with Crippen molar-refractivity contribution in [1.82, 2.24) is 4.90 Å². The number of anilines is 1. The second-order valence-corrected chi connectivity index (χ2v) is 14.1. The molecule has 1 heterocycles. The first-order chi connectivity index (χ1) is 19.2. The average Bonchev–Trinajstić information content (AvgIpc) is 2.91. The smallest absolute Gasteiger partial charge is 0.257 e. The molecule has 2 aromatic rings. The molecule has 0 unspecified atom stereocenters.